The second-order valence-corrected chi connectivity index (χ2v) is 11.8. The average molecular weight is 652 g/mol. The van der Waals surface area contributed by atoms with Crippen LogP contribution in [0.1, 0.15) is 58.9 Å². The van der Waals surface area contributed by atoms with Gasteiger partial charge in [-0.25, -0.2) is 28.9 Å². The maximum Gasteiger partial charge on any atom is 0.413 e. The molecule has 2 aromatic heterocycles. The molecule has 1 aliphatic rings. The van der Waals surface area contributed by atoms with Gasteiger partial charge in [-0.15, -0.1) is 0 Å². The molecule has 1 fully saturated rings. The van der Waals surface area contributed by atoms with Crippen LogP contribution in [0.15, 0.2) is 35.7 Å². The number of amides is 1. The normalized spacial score (nSPS) is 20.5. The van der Waals surface area contributed by atoms with E-state index in [1.807, 2.05) is 6.07 Å². The first-order chi connectivity index (χ1) is 22.2. The number of nitrogens with one attached hydrogen (secondary N) is 1. The van der Waals surface area contributed by atoms with Crippen molar-refractivity contribution in [2.75, 3.05) is 18.5 Å². The predicted octanol–water partition coefficient (Wildman–Crippen LogP) is 5.01. The Bertz CT molecular complexity index is 1760. The zero-order valence-electron chi connectivity index (χ0n) is 26.6. The third kappa shape index (κ3) is 7.63. The van der Waals surface area contributed by atoms with Gasteiger partial charge < -0.3 is 18.9 Å². The van der Waals surface area contributed by atoms with E-state index in [9.17, 15) is 19.6 Å². The van der Waals surface area contributed by atoms with Crippen LogP contribution in [0.4, 0.5) is 21.0 Å². The molecule has 1 saturated heterocycles. The Hall–Kier alpha value is -5.17. The van der Waals surface area contributed by atoms with E-state index >= 15 is 4.39 Å². The molecule has 16 nitrogen and oxygen atoms in total. The molecule has 5 atom stereocenters. The number of esters is 1. The molecule has 3 heterocycles. The van der Waals surface area contributed by atoms with Crippen LogP contribution in [0.3, 0.4) is 0 Å². The largest absolute Gasteiger partial charge is 0.463 e. The van der Waals surface area contributed by atoms with Crippen LogP contribution >= 0.6 is 0 Å². The minimum atomic E-state index is -2.10. The lowest BCUT2D eigenvalue weighted by atomic mass is 9.89. The van der Waals surface area contributed by atoms with Crippen molar-refractivity contribution in [3.05, 3.63) is 52.2 Å². The minimum absolute atomic E-state index is 0.0168. The van der Waals surface area contributed by atoms with Crippen LogP contribution < -0.4 is 5.32 Å². The molecule has 47 heavy (non-hydrogen) atoms. The number of anilines is 1. The number of carbonyl (C=O) groups excluding carboxylic acids is 3. The number of carbonyl (C=O) groups is 3. The first kappa shape index (κ1) is 34.7. The second kappa shape index (κ2) is 14.1. The zero-order chi connectivity index (χ0) is 34.5. The first-order valence-corrected chi connectivity index (χ1v) is 14.6. The number of halogens is 1. The van der Waals surface area contributed by atoms with Gasteiger partial charge in [-0.2, -0.15) is 5.26 Å². The molecule has 0 saturated carbocycles. The molecule has 0 radical (unpaired) electrons. The zero-order valence-corrected chi connectivity index (χ0v) is 26.6. The molecule has 1 N–H and O–H groups in total. The van der Waals surface area contributed by atoms with E-state index in [0.717, 1.165) is 0 Å². The summed E-state index contributed by atoms with van der Waals surface area (Å²) in [5.41, 5.74) is 6.88. The van der Waals surface area contributed by atoms with Gasteiger partial charge in [-0.05, 0) is 63.0 Å². The number of aromatic nitrogens is 4. The van der Waals surface area contributed by atoms with Gasteiger partial charge in [0.25, 0.3) is 0 Å². The van der Waals surface area contributed by atoms with Crippen LogP contribution in [-0.2, 0) is 35.0 Å². The van der Waals surface area contributed by atoms with Gasteiger partial charge >= 0.3 is 12.1 Å². The van der Waals surface area contributed by atoms with Crippen molar-refractivity contribution in [1.82, 2.24) is 19.5 Å². The topological polar surface area (TPSA) is 216 Å². The Labute approximate surface area is 268 Å². The molecular formula is C30H34FN9O7. The number of rotatable bonds is 11. The van der Waals surface area contributed by atoms with Gasteiger partial charge in [0.2, 0.25) is 11.5 Å². The van der Waals surface area contributed by atoms with Crippen molar-refractivity contribution >= 4 is 40.8 Å². The monoisotopic (exact) mass is 651 g/mol. The molecule has 1 aliphatic heterocycles. The summed E-state index contributed by atoms with van der Waals surface area (Å²) in [6.45, 7) is 8.94. The van der Waals surface area contributed by atoms with Gasteiger partial charge in [0.1, 0.15) is 5.60 Å². The number of fused-ring (bicyclic) bond motifs is 1. The van der Waals surface area contributed by atoms with Crippen molar-refractivity contribution in [2.24, 2.45) is 11.0 Å². The number of ketones is 1. The number of nitrogens with zero attached hydrogens (tertiary/aromatic N) is 8. The fourth-order valence-corrected chi connectivity index (χ4v) is 4.98. The summed E-state index contributed by atoms with van der Waals surface area (Å²) in [4.78, 5) is 53.9. The average Bonchev–Trinajstić information content (AvgIpc) is 3.54. The summed E-state index contributed by atoms with van der Waals surface area (Å²) in [5, 5.41) is 15.2. The van der Waals surface area contributed by atoms with Crippen molar-refractivity contribution in [2.45, 2.75) is 77.7 Å². The number of alkyl halides is 1. The van der Waals surface area contributed by atoms with E-state index in [0.29, 0.717) is 11.1 Å². The molecule has 248 valence electrons. The molecule has 17 heteroatoms. The second-order valence-electron chi connectivity index (χ2n) is 11.8. The predicted molar refractivity (Wildman–Crippen MR) is 163 cm³/mol. The summed E-state index contributed by atoms with van der Waals surface area (Å²) in [6.07, 6.45) is -3.83. The smallest absolute Gasteiger partial charge is 0.413 e. The summed E-state index contributed by atoms with van der Waals surface area (Å²) < 4.78 is 39.8. The number of hydrogen-bond acceptors (Lipinski definition) is 12. The summed E-state index contributed by atoms with van der Waals surface area (Å²) >= 11 is 0. The van der Waals surface area contributed by atoms with Crippen LogP contribution in [0.2, 0.25) is 0 Å². The van der Waals surface area contributed by atoms with E-state index in [1.165, 1.54) is 23.9 Å². The lowest BCUT2D eigenvalue weighted by Crippen LogP contribution is -2.52. The van der Waals surface area contributed by atoms with Crippen LogP contribution in [0.25, 0.3) is 21.6 Å². The number of ether oxygens (including phenoxy) is 4. The third-order valence-electron chi connectivity index (χ3n) is 7.29. The molecule has 3 aromatic rings. The van der Waals surface area contributed by atoms with E-state index in [2.05, 4.69) is 30.3 Å². The van der Waals surface area contributed by atoms with Gasteiger partial charge in [-0.1, -0.05) is 19.1 Å². The Morgan fingerprint density at radius 1 is 1.28 bits per heavy atom. The lowest BCUT2D eigenvalue weighted by molar-refractivity contribution is -0.182. The summed E-state index contributed by atoms with van der Waals surface area (Å²) in [6, 6.07) is 8.39. The van der Waals surface area contributed by atoms with Crippen LogP contribution in [-0.4, -0.2) is 74.1 Å². The van der Waals surface area contributed by atoms with E-state index < -0.39 is 53.5 Å². The summed E-state index contributed by atoms with van der Waals surface area (Å²) in [5.74, 6) is -2.92. The molecule has 1 amide bonds. The highest BCUT2D eigenvalue weighted by Gasteiger charge is 2.50. The Morgan fingerprint density at radius 2 is 2.02 bits per heavy atom. The van der Waals surface area contributed by atoms with Gasteiger partial charge in [0.05, 0.1) is 37.3 Å². The Kier molecular flexibility index (Phi) is 10.4. The van der Waals surface area contributed by atoms with E-state index in [-0.39, 0.29) is 42.6 Å². The first-order valence-electron chi connectivity index (χ1n) is 14.6. The fourth-order valence-electron chi connectivity index (χ4n) is 4.98. The van der Waals surface area contributed by atoms with Gasteiger partial charge in [0.15, 0.2) is 35.2 Å². The van der Waals surface area contributed by atoms with Crippen molar-refractivity contribution in [1.29, 1.82) is 5.26 Å². The Balaban J connectivity index is 1.64. The van der Waals surface area contributed by atoms with E-state index in [1.54, 1.807) is 52.8 Å². The molecular weight excluding hydrogens is 617 g/mol. The van der Waals surface area contributed by atoms with Crippen molar-refractivity contribution in [3.63, 3.8) is 0 Å². The third-order valence-corrected chi connectivity index (χ3v) is 7.29. The Morgan fingerprint density at radius 3 is 2.66 bits per heavy atom. The van der Waals surface area contributed by atoms with Gasteiger partial charge in [-0.3, -0.25) is 14.7 Å². The molecule has 4 rings (SSSR count). The number of imidazole rings is 1. The highest BCUT2D eigenvalue weighted by Crippen LogP contribution is 2.39. The minimum Gasteiger partial charge on any atom is -0.463 e. The quantitative estimate of drug-likeness (QED) is 0.0955. The number of nitriles is 1. The van der Waals surface area contributed by atoms with Crippen LogP contribution in [0.5, 0.6) is 0 Å². The standard InChI is InChI=1S/C30H34FN9O7/c1-7-44-26(42)30(17(3)41,12-18-9-8-10-19(11-18)13-32)45-14-20-16(2)21(31)25(46-20)40-15-34-22-23(36-28(43)47-29(4,5)6)35-27(38-39-33)37-24(22)40/h8-11,15-16,20-21,25H,7,12,14H2,1-6H3,(H,35,36,37,43)/t16-,20-,21+,25-,30?/m1/s1. The van der Waals surface area contributed by atoms with Crippen molar-refractivity contribution in [3.8, 4) is 6.07 Å². The van der Waals surface area contributed by atoms with E-state index in [4.69, 9.17) is 24.5 Å². The lowest BCUT2D eigenvalue weighted by Gasteiger charge is -2.31. The number of hydrogen-bond donors (Lipinski definition) is 1. The number of Topliss-reactive ketones (excluding diaryl/α,β-unsaturated/α-hetero) is 1. The number of benzene rings is 1. The molecule has 0 spiro atoms. The highest BCUT2D eigenvalue weighted by molar-refractivity contribution is 6.06. The van der Waals surface area contributed by atoms with Crippen molar-refractivity contribution < 1.29 is 37.7 Å². The maximum absolute atomic E-state index is 15.9. The molecule has 0 aliphatic carbocycles. The SMILES string of the molecule is CCOC(=O)C(Cc1cccc(C#N)c1)(OC[C@H]1O[C@@H](n2cnc3c(NC(=O)OC(C)(C)C)nc(N=[N+]=[N-])nc32)[C@@H](F)[C@@H]1C)C(C)=O. The number of azide groups is 1. The molecule has 1 aromatic carbocycles. The molecule has 0 bridgehead atoms. The van der Waals surface area contributed by atoms with Gasteiger partial charge in [0, 0.05) is 17.3 Å². The molecule has 1 unspecified atom stereocenters. The maximum atomic E-state index is 15.9. The summed E-state index contributed by atoms with van der Waals surface area (Å²) in [7, 11) is 0. The van der Waals surface area contributed by atoms with Crippen LogP contribution in [0, 0.1) is 17.2 Å². The fraction of sp³-hybridized carbons (Fsp3) is 0.500. The highest BCUT2D eigenvalue weighted by atomic mass is 19.1.